The van der Waals surface area contributed by atoms with E-state index >= 15 is 0 Å². The van der Waals surface area contributed by atoms with E-state index in [4.69, 9.17) is 5.73 Å². The van der Waals surface area contributed by atoms with Gasteiger partial charge in [-0.25, -0.2) is 0 Å². The molecule has 2 rings (SSSR count). The third-order valence-corrected chi connectivity index (χ3v) is 3.07. The molecule has 1 aromatic rings. The third-order valence-electron chi connectivity index (χ3n) is 3.07. The molecule has 88 valence electrons. The van der Waals surface area contributed by atoms with Crippen molar-refractivity contribution >= 4 is 5.69 Å². The van der Waals surface area contributed by atoms with Crippen molar-refractivity contribution in [3.63, 3.8) is 0 Å². The smallest absolute Gasteiger partial charge is 0.0574 e. The highest BCUT2D eigenvalue weighted by Crippen LogP contribution is 2.20. The zero-order chi connectivity index (χ0) is 11.5. The van der Waals surface area contributed by atoms with Gasteiger partial charge in [0.25, 0.3) is 0 Å². The van der Waals surface area contributed by atoms with Crippen LogP contribution in [0.15, 0.2) is 18.3 Å². The fourth-order valence-corrected chi connectivity index (χ4v) is 1.98. The van der Waals surface area contributed by atoms with E-state index in [2.05, 4.69) is 16.0 Å². The summed E-state index contributed by atoms with van der Waals surface area (Å²) in [6.45, 7) is 3.74. The molecule has 16 heavy (non-hydrogen) atoms. The van der Waals surface area contributed by atoms with Gasteiger partial charge in [0.15, 0.2) is 0 Å². The molecule has 0 bridgehead atoms. The molecular weight excluding hydrogens is 202 g/mol. The lowest BCUT2D eigenvalue weighted by molar-refractivity contribution is 0.145. The van der Waals surface area contributed by atoms with Gasteiger partial charge in [-0.3, -0.25) is 4.98 Å². The molecule has 0 saturated carbocycles. The predicted octanol–water partition coefficient (Wildman–Crippen LogP) is 1.06. The van der Waals surface area contributed by atoms with E-state index in [0.29, 0.717) is 0 Å². The number of hydrogen-bond acceptors (Lipinski definition) is 4. The van der Waals surface area contributed by atoms with Crippen LogP contribution in [0.25, 0.3) is 0 Å². The van der Waals surface area contributed by atoms with Crippen LogP contribution in [-0.2, 0) is 0 Å². The summed E-state index contributed by atoms with van der Waals surface area (Å²) in [4.78, 5) is 6.60. The minimum absolute atomic E-state index is 0.0165. The number of hydrogen-bond donors (Lipinski definition) is 2. The third kappa shape index (κ3) is 2.51. The molecule has 3 N–H and O–H groups in total. The first kappa shape index (κ1) is 11.4. The molecule has 2 heterocycles. The Bertz CT molecular complexity index is 329. The summed E-state index contributed by atoms with van der Waals surface area (Å²) in [5.41, 5.74) is 7.79. The Morgan fingerprint density at radius 2 is 2.12 bits per heavy atom. The molecule has 0 aliphatic carbocycles. The Kier molecular flexibility index (Phi) is 3.41. The molecule has 1 aliphatic heterocycles. The number of anilines is 1. The van der Waals surface area contributed by atoms with Crippen LogP contribution in [0.5, 0.6) is 0 Å². The summed E-state index contributed by atoms with van der Waals surface area (Å²) in [7, 11) is 0. The molecule has 0 spiro atoms. The van der Waals surface area contributed by atoms with Gasteiger partial charge in [0.2, 0.25) is 0 Å². The lowest BCUT2D eigenvalue weighted by Gasteiger charge is -2.31. The van der Waals surface area contributed by atoms with E-state index in [1.807, 2.05) is 19.2 Å². The van der Waals surface area contributed by atoms with Crippen LogP contribution >= 0.6 is 0 Å². The summed E-state index contributed by atoms with van der Waals surface area (Å²) in [6, 6.07) is 4.02. The second-order valence-corrected chi connectivity index (χ2v) is 4.45. The van der Waals surface area contributed by atoms with Gasteiger partial charge in [-0.05, 0) is 31.9 Å². The fraction of sp³-hybridized carbons (Fsp3) is 0.583. The highest BCUT2D eigenvalue weighted by Gasteiger charge is 2.17. The molecule has 0 radical (unpaired) electrons. The lowest BCUT2D eigenvalue weighted by atomic mass is 10.1. The van der Waals surface area contributed by atoms with E-state index in [9.17, 15) is 5.11 Å². The zero-order valence-corrected chi connectivity index (χ0v) is 9.63. The number of nitrogens with two attached hydrogens (primary N) is 1. The predicted molar refractivity (Wildman–Crippen MR) is 64.3 cm³/mol. The highest BCUT2D eigenvalue weighted by molar-refractivity contribution is 5.45. The standard InChI is InChI=1S/C12H19N3O/c1-9(13)12-3-2-10(8-14-12)15-6-4-11(16)5-7-15/h2-3,8-9,11,16H,4-7,13H2,1H3. The number of nitrogens with zero attached hydrogens (tertiary/aromatic N) is 2. The average molecular weight is 221 g/mol. The van der Waals surface area contributed by atoms with E-state index in [1.165, 1.54) is 0 Å². The van der Waals surface area contributed by atoms with Gasteiger partial charge in [0, 0.05) is 19.1 Å². The van der Waals surface area contributed by atoms with Crippen LogP contribution in [0.1, 0.15) is 31.5 Å². The van der Waals surface area contributed by atoms with Crippen LogP contribution in [0, 0.1) is 0 Å². The first-order valence-corrected chi connectivity index (χ1v) is 5.81. The summed E-state index contributed by atoms with van der Waals surface area (Å²) in [5, 5.41) is 9.43. The van der Waals surface area contributed by atoms with Gasteiger partial charge in [-0.2, -0.15) is 0 Å². The minimum atomic E-state index is -0.132. The van der Waals surface area contributed by atoms with Crippen molar-refractivity contribution in [2.24, 2.45) is 5.73 Å². The number of rotatable bonds is 2. The minimum Gasteiger partial charge on any atom is -0.393 e. The molecule has 1 aromatic heterocycles. The maximum atomic E-state index is 9.43. The summed E-state index contributed by atoms with van der Waals surface area (Å²) in [5.74, 6) is 0. The van der Waals surface area contributed by atoms with E-state index in [0.717, 1.165) is 37.3 Å². The van der Waals surface area contributed by atoms with Crippen molar-refractivity contribution in [3.8, 4) is 0 Å². The van der Waals surface area contributed by atoms with Crippen LogP contribution in [0.4, 0.5) is 5.69 Å². The Balaban J connectivity index is 2.04. The van der Waals surface area contributed by atoms with E-state index in [-0.39, 0.29) is 12.1 Å². The Morgan fingerprint density at radius 1 is 1.44 bits per heavy atom. The zero-order valence-electron chi connectivity index (χ0n) is 9.63. The van der Waals surface area contributed by atoms with Crippen molar-refractivity contribution < 1.29 is 5.11 Å². The number of aliphatic hydroxyl groups excluding tert-OH is 1. The molecule has 1 aliphatic rings. The van der Waals surface area contributed by atoms with Gasteiger partial charge in [-0.15, -0.1) is 0 Å². The molecule has 0 aromatic carbocycles. The summed E-state index contributed by atoms with van der Waals surface area (Å²) >= 11 is 0. The van der Waals surface area contributed by atoms with Gasteiger partial charge in [-0.1, -0.05) is 0 Å². The fourth-order valence-electron chi connectivity index (χ4n) is 1.98. The molecular formula is C12H19N3O. The quantitative estimate of drug-likeness (QED) is 0.784. The van der Waals surface area contributed by atoms with E-state index < -0.39 is 0 Å². The summed E-state index contributed by atoms with van der Waals surface area (Å²) < 4.78 is 0. The molecule has 1 unspecified atom stereocenters. The lowest BCUT2D eigenvalue weighted by Crippen LogP contribution is -2.35. The van der Waals surface area contributed by atoms with Gasteiger partial charge < -0.3 is 15.7 Å². The average Bonchev–Trinajstić information content (AvgIpc) is 2.30. The van der Waals surface area contributed by atoms with Crippen molar-refractivity contribution in [1.29, 1.82) is 0 Å². The molecule has 1 fully saturated rings. The Morgan fingerprint density at radius 3 is 2.62 bits per heavy atom. The van der Waals surface area contributed by atoms with E-state index in [1.54, 1.807) is 0 Å². The number of aromatic nitrogens is 1. The van der Waals surface area contributed by atoms with Crippen molar-refractivity contribution in [2.75, 3.05) is 18.0 Å². The van der Waals surface area contributed by atoms with Crippen LogP contribution in [0.3, 0.4) is 0 Å². The topological polar surface area (TPSA) is 62.4 Å². The van der Waals surface area contributed by atoms with Crippen LogP contribution < -0.4 is 10.6 Å². The normalized spacial score (nSPS) is 19.8. The molecule has 0 amide bonds. The first-order valence-electron chi connectivity index (χ1n) is 5.81. The second-order valence-electron chi connectivity index (χ2n) is 4.45. The molecule has 4 nitrogen and oxygen atoms in total. The monoisotopic (exact) mass is 221 g/mol. The van der Waals surface area contributed by atoms with Crippen LogP contribution in [-0.4, -0.2) is 29.3 Å². The number of piperidine rings is 1. The Labute approximate surface area is 96.1 Å². The van der Waals surface area contributed by atoms with Crippen molar-refractivity contribution in [1.82, 2.24) is 4.98 Å². The Hall–Kier alpha value is -1.13. The number of pyridine rings is 1. The maximum absolute atomic E-state index is 9.43. The van der Waals surface area contributed by atoms with Gasteiger partial charge in [0.05, 0.1) is 23.7 Å². The largest absolute Gasteiger partial charge is 0.393 e. The second kappa shape index (κ2) is 4.80. The van der Waals surface area contributed by atoms with Crippen LogP contribution in [0.2, 0.25) is 0 Å². The highest BCUT2D eigenvalue weighted by atomic mass is 16.3. The summed E-state index contributed by atoms with van der Waals surface area (Å²) in [6.07, 6.45) is 3.42. The van der Waals surface area contributed by atoms with Crippen molar-refractivity contribution in [2.45, 2.75) is 31.9 Å². The number of aliphatic hydroxyl groups is 1. The SMILES string of the molecule is CC(N)c1ccc(N2CCC(O)CC2)cn1. The molecule has 1 saturated heterocycles. The van der Waals surface area contributed by atoms with Gasteiger partial charge in [0.1, 0.15) is 0 Å². The van der Waals surface area contributed by atoms with Crippen molar-refractivity contribution in [3.05, 3.63) is 24.0 Å². The maximum Gasteiger partial charge on any atom is 0.0574 e. The first-order chi connectivity index (χ1) is 7.66. The van der Waals surface area contributed by atoms with Gasteiger partial charge >= 0.3 is 0 Å². The molecule has 1 atom stereocenters. The molecule has 4 heteroatoms.